The predicted molar refractivity (Wildman–Crippen MR) is 225 cm³/mol. The Morgan fingerprint density at radius 3 is 0.944 bits per heavy atom. The number of nitriles is 2. The Kier molecular flexibility index (Phi) is 7.29. The van der Waals surface area contributed by atoms with Crippen LogP contribution in [0.2, 0.25) is 0 Å². The monoisotopic (exact) mass is 682 g/mol. The summed E-state index contributed by atoms with van der Waals surface area (Å²) in [5, 5.41) is 31.5. The molecule has 0 fully saturated rings. The van der Waals surface area contributed by atoms with Crippen molar-refractivity contribution in [2.75, 3.05) is 0 Å². The van der Waals surface area contributed by atoms with Gasteiger partial charge in [-0.3, -0.25) is 0 Å². The fourth-order valence-corrected chi connectivity index (χ4v) is 8.37. The molecule has 0 aromatic heterocycles. The van der Waals surface area contributed by atoms with Gasteiger partial charge in [-0.05, 0) is 123 Å². The van der Waals surface area contributed by atoms with E-state index in [9.17, 15) is 10.5 Å². The first-order chi connectivity index (χ1) is 26.7. The van der Waals surface area contributed by atoms with E-state index in [1.54, 1.807) is 0 Å². The Hall–Kier alpha value is -7.52. The van der Waals surface area contributed by atoms with Gasteiger partial charge < -0.3 is 0 Å². The Labute approximate surface area is 313 Å². The zero-order chi connectivity index (χ0) is 36.2. The van der Waals surface area contributed by atoms with E-state index in [0.717, 1.165) is 76.1 Å². The van der Waals surface area contributed by atoms with Crippen molar-refractivity contribution in [2.24, 2.45) is 0 Å². The summed E-state index contributed by atoms with van der Waals surface area (Å²) in [5.74, 6) is 0. The smallest absolute Gasteiger partial charge is 0.101 e. The third-order valence-corrected chi connectivity index (χ3v) is 10.9. The first-order valence-corrected chi connectivity index (χ1v) is 18.1. The van der Waals surface area contributed by atoms with Crippen LogP contribution in [-0.2, 0) is 0 Å². The normalized spacial score (nSPS) is 11.3. The van der Waals surface area contributed by atoms with Gasteiger partial charge in [-0.1, -0.05) is 158 Å². The molecule has 0 bridgehead atoms. The molecular weight excluding hydrogens is 653 g/mol. The molecule has 0 saturated heterocycles. The average Bonchev–Trinajstić information content (AvgIpc) is 3.26. The van der Waals surface area contributed by atoms with Crippen molar-refractivity contribution in [2.45, 2.75) is 0 Å². The topological polar surface area (TPSA) is 47.6 Å². The van der Waals surface area contributed by atoms with Crippen LogP contribution >= 0.6 is 0 Å². The molecule has 0 aliphatic carbocycles. The molecule has 0 spiro atoms. The summed E-state index contributed by atoms with van der Waals surface area (Å²) in [5.41, 5.74) is 9.95. The van der Waals surface area contributed by atoms with Crippen molar-refractivity contribution in [3.8, 4) is 56.6 Å². The third kappa shape index (κ3) is 4.94. The quantitative estimate of drug-likeness (QED) is 0.173. The van der Waals surface area contributed by atoms with Crippen LogP contribution in [0.15, 0.2) is 182 Å². The number of hydrogen-bond donors (Lipinski definition) is 0. The molecule has 0 amide bonds. The minimum absolute atomic E-state index is 0.380. The molecule has 0 saturated carbocycles. The summed E-state index contributed by atoms with van der Waals surface area (Å²) in [4.78, 5) is 0. The average molecular weight is 683 g/mol. The number of fused-ring (bicyclic) bond motifs is 10. The maximum absolute atomic E-state index is 10.3. The predicted octanol–water partition coefficient (Wildman–Crippen LogP) is 13.9. The Morgan fingerprint density at radius 2 is 0.574 bits per heavy atom. The van der Waals surface area contributed by atoms with E-state index in [1.807, 2.05) is 24.3 Å². The van der Waals surface area contributed by atoms with Gasteiger partial charge in [-0.2, -0.15) is 10.5 Å². The van der Waals surface area contributed by atoms with Crippen LogP contribution in [0.25, 0.3) is 98.4 Å². The van der Waals surface area contributed by atoms with Crippen LogP contribution < -0.4 is 0 Å². The van der Waals surface area contributed by atoms with Gasteiger partial charge in [0.15, 0.2) is 0 Å². The fraction of sp³-hybridized carbons (Fsp3) is 0. The molecular formula is C52H30N2. The van der Waals surface area contributed by atoms with E-state index in [4.69, 9.17) is 0 Å². The zero-order valence-electron chi connectivity index (χ0n) is 29.2. The molecule has 10 aromatic rings. The molecule has 2 heteroatoms. The highest BCUT2D eigenvalue weighted by Gasteiger charge is 2.20. The first kappa shape index (κ1) is 31.2. The lowest BCUT2D eigenvalue weighted by molar-refractivity contribution is 1.45. The second kappa shape index (κ2) is 12.6. The van der Waals surface area contributed by atoms with Gasteiger partial charge in [0.1, 0.15) is 12.1 Å². The van der Waals surface area contributed by atoms with Gasteiger partial charge in [0.05, 0.1) is 11.1 Å². The van der Waals surface area contributed by atoms with Crippen molar-refractivity contribution >= 4 is 53.9 Å². The highest BCUT2D eigenvalue weighted by atomic mass is 14.3. The Morgan fingerprint density at radius 1 is 0.259 bits per heavy atom. The lowest BCUT2D eigenvalue weighted by Crippen LogP contribution is -1.93. The van der Waals surface area contributed by atoms with E-state index in [0.29, 0.717) is 11.1 Å². The Balaban J connectivity index is 1.31. The standard InChI is InChI=1S/C52H30N2/c53-31-39-27-47-48(28-40(39)32-54)50-30-46(38-25-21-36(22-26-38)34-13-5-2-6-14-34)42-16-8-10-18-44(42)52(50)51-43-17-9-7-15-41(43)45(29-49(47)51)37-23-19-35(20-24-37)33-11-3-1-4-12-33/h1-30H. The van der Waals surface area contributed by atoms with Crippen molar-refractivity contribution in [1.29, 1.82) is 10.5 Å². The number of benzene rings is 10. The van der Waals surface area contributed by atoms with Crippen molar-refractivity contribution in [3.63, 3.8) is 0 Å². The summed E-state index contributed by atoms with van der Waals surface area (Å²) < 4.78 is 0. The van der Waals surface area contributed by atoms with E-state index in [2.05, 4.69) is 170 Å². The van der Waals surface area contributed by atoms with Crippen LogP contribution in [-0.4, -0.2) is 0 Å². The summed E-state index contributed by atoms with van der Waals surface area (Å²) in [7, 11) is 0. The molecule has 0 atom stereocenters. The maximum Gasteiger partial charge on any atom is 0.101 e. The minimum Gasteiger partial charge on any atom is -0.192 e. The lowest BCUT2D eigenvalue weighted by Gasteiger charge is -2.20. The molecule has 0 aliphatic rings. The molecule has 10 aromatic carbocycles. The fourth-order valence-electron chi connectivity index (χ4n) is 8.37. The van der Waals surface area contributed by atoms with Crippen LogP contribution in [0.4, 0.5) is 0 Å². The highest BCUT2D eigenvalue weighted by molar-refractivity contribution is 6.38. The van der Waals surface area contributed by atoms with Crippen molar-refractivity contribution in [1.82, 2.24) is 0 Å². The van der Waals surface area contributed by atoms with E-state index in [-0.39, 0.29) is 0 Å². The zero-order valence-corrected chi connectivity index (χ0v) is 29.2. The lowest BCUT2D eigenvalue weighted by atomic mass is 9.83. The molecule has 54 heavy (non-hydrogen) atoms. The van der Waals surface area contributed by atoms with Crippen LogP contribution in [0.1, 0.15) is 11.1 Å². The first-order valence-electron chi connectivity index (χ1n) is 18.1. The van der Waals surface area contributed by atoms with Gasteiger partial charge in [0, 0.05) is 0 Å². The van der Waals surface area contributed by atoms with Gasteiger partial charge in [0.2, 0.25) is 0 Å². The molecule has 0 radical (unpaired) electrons. The van der Waals surface area contributed by atoms with E-state index >= 15 is 0 Å². The third-order valence-electron chi connectivity index (χ3n) is 10.9. The molecule has 10 rings (SSSR count). The second-order valence-corrected chi connectivity index (χ2v) is 13.8. The summed E-state index contributed by atoms with van der Waals surface area (Å²) in [6, 6.07) is 68.9. The summed E-state index contributed by atoms with van der Waals surface area (Å²) in [6.07, 6.45) is 0. The van der Waals surface area contributed by atoms with Gasteiger partial charge in [-0.15, -0.1) is 0 Å². The number of nitrogens with zero attached hydrogens (tertiary/aromatic N) is 2. The second-order valence-electron chi connectivity index (χ2n) is 13.8. The molecule has 0 heterocycles. The highest BCUT2D eigenvalue weighted by Crippen LogP contribution is 2.47. The molecule has 0 N–H and O–H groups in total. The molecule has 2 nitrogen and oxygen atoms in total. The number of hydrogen-bond acceptors (Lipinski definition) is 2. The Bertz CT molecular complexity index is 2960. The van der Waals surface area contributed by atoms with Crippen molar-refractivity contribution in [3.05, 3.63) is 193 Å². The van der Waals surface area contributed by atoms with Gasteiger partial charge >= 0.3 is 0 Å². The molecule has 0 unspecified atom stereocenters. The van der Waals surface area contributed by atoms with Crippen LogP contribution in [0.5, 0.6) is 0 Å². The van der Waals surface area contributed by atoms with E-state index in [1.165, 1.54) is 22.3 Å². The maximum atomic E-state index is 10.3. The SMILES string of the molecule is N#Cc1cc2c(cc1C#N)c1cc(-c3ccc(-c4ccccc4)cc3)c3ccccc3c1c1c3ccccc3c(-c3ccc(-c4ccccc4)cc3)cc21. The van der Waals surface area contributed by atoms with E-state index < -0.39 is 0 Å². The minimum atomic E-state index is 0.380. The van der Waals surface area contributed by atoms with Crippen LogP contribution in [0, 0.1) is 22.7 Å². The summed E-state index contributed by atoms with van der Waals surface area (Å²) in [6.45, 7) is 0. The van der Waals surface area contributed by atoms with Crippen molar-refractivity contribution < 1.29 is 0 Å². The van der Waals surface area contributed by atoms with Gasteiger partial charge in [0.25, 0.3) is 0 Å². The van der Waals surface area contributed by atoms with Gasteiger partial charge in [-0.25, -0.2) is 0 Å². The number of rotatable bonds is 4. The molecule has 248 valence electrons. The molecule has 0 aliphatic heterocycles. The van der Waals surface area contributed by atoms with Crippen LogP contribution in [0.3, 0.4) is 0 Å². The largest absolute Gasteiger partial charge is 0.192 e. The summed E-state index contributed by atoms with van der Waals surface area (Å²) >= 11 is 0.